The van der Waals surface area contributed by atoms with Crippen LogP contribution in [0.15, 0.2) is 24.3 Å². The Morgan fingerprint density at radius 1 is 1.62 bits per heavy atom. The smallest absolute Gasteiger partial charge is 0.522 e. The summed E-state index contributed by atoms with van der Waals surface area (Å²) in [5, 5.41) is 18.5. The van der Waals surface area contributed by atoms with Crippen LogP contribution in [0, 0.1) is 0 Å². The first-order chi connectivity index (χ1) is 6.09. The third-order valence-corrected chi connectivity index (χ3v) is 1.52. The number of nitrogens with one attached hydrogen (secondary N) is 1. The van der Waals surface area contributed by atoms with Gasteiger partial charge in [0.25, 0.3) is 0 Å². The molecule has 0 fully saturated rings. The van der Waals surface area contributed by atoms with Crippen molar-refractivity contribution in [2.45, 2.75) is 6.92 Å². The number of amides is 1. The molecule has 0 spiro atoms. The third-order valence-electron chi connectivity index (χ3n) is 1.52. The molecule has 1 amide bonds. The molecule has 0 atom stereocenters. The maximum absolute atomic E-state index is 10.7. The topological polar surface area (TPSA) is 72.2 Å². The number of anilines is 1. The zero-order valence-corrected chi connectivity index (χ0v) is 7.24. The lowest BCUT2D eigenvalue weighted by molar-refractivity contribution is -0.114. The molecule has 0 aliphatic carbocycles. The molecule has 0 bridgehead atoms. The van der Waals surface area contributed by atoms with Gasteiger partial charge in [-0.25, -0.2) is 0 Å². The molecule has 4 nitrogen and oxygen atoms in total. The average molecular weight is 180 g/mol. The number of carbonyl (C=O) groups is 1. The molecule has 1 aromatic carbocycles. The predicted molar refractivity (Wildman–Crippen MR) is 52.0 cm³/mol. The fourth-order valence-electron chi connectivity index (χ4n) is 0.990. The molecule has 0 aliphatic rings. The quantitative estimate of drug-likeness (QED) is 0.455. The summed E-state index contributed by atoms with van der Waals surface area (Å²) in [7, 11) is -1.26. The van der Waals surface area contributed by atoms with Gasteiger partial charge in [0.15, 0.2) is 0 Å². The van der Waals surface area contributed by atoms with Crippen molar-refractivity contribution >= 4 is 24.2 Å². The van der Waals surface area contributed by atoms with E-state index in [9.17, 15) is 4.79 Å². The molecule has 0 saturated heterocycles. The highest BCUT2D eigenvalue weighted by Crippen LogP contribution is 2.03. The van der Waals surface area contributed by atoms with Crippen molar-refractivity contribution in [3.05, 3.63) is 24.3 Å². The van der Waals surface area contributed by atoms with E-state index < -0.39 is 7.12 Å². The van der Waals surface area contributed by atoms with E-state index in [0.717, 1.165) is 0 Å². The summed E-state index contributed by atoms with van der Waals surface area (Å²) in [5.41, 5.74) is 1.06. The fourth-order valence-corrected chi connectivity index (χ4v) is 0.990. The number of rotatable bonds is 2. The fraction of sp³-hybridized carbons (Fsp3) is 0.125. The van der Waals surface area contributed by atoms with Gasteiger partial charge in [-0.1, -0.05) is 12.1 Å². The van der Waals surface area contributed by atoms with Gasteiger partial charge in [-0.05, 0) is 12.1 Å². The molecule has 0 unspecified atom stereocenters. The molecule has 1 aromatic rings. The number of hydrogen-bond acceptors (Lipinski definition) is 2. The lowest BCUT2D eigenvalue weighted by Gasteiger charge is -2.01. The van der Waals surface area contributed by atoms with Crippen molar-refractivity contribution in [1.29, 1.82) is 0 Å². The summed E-state index contributed by atoms with van der Waals surface area (Å²) in [6.07, 6.45) is 0. The molecule has 1 rings (SSSR count). The van der Waals surface area contributed by atoms with Gasteiger partial charge in [0.1, 0.15) is 0 Å². The van der Waals surface area contributed by atoms with Crippen molar-refractivity contribution in [2.24, 2.45) is 0 Å². The van der Waals surface area contributed by atoms with Crippen LogP contribution in [-0.2, 0) is 4.79 Å². The predicted octanol–water partition coefficient (Wildman–Crippen LogP) is -0.943. The lowest BCUT2D eigenvalue weighted by atomic mass is 9.80. The average Bonchev–Trinajstić information content (AvgIpc) is 2.03. The Labute approximate surface area is 76.4 Å². The van der Waals surface area contributed by atoms with Gasteiger partial charge in [0, 0.05) is 12.6 Å². The van der Waals surface area contributed by atoms with Crippen molar-refractivity contribution in [2.75, 3.05) is 5.32 Å². The van der Waals surface area contributed by atoms with Crippen LogP contribution in [0.4, 0.5) is 5.69 Å². The molecule has 0 radical (unpaired) electrons. The normalized spacial score (nSPS) is 9.46. The summed E-state index contributed by atoms with van der Waals surface area (Å²) in [5.74, 6) is -0.170. The Morgan fingerprint density at radius 3 is 2.85 bits per heavy atom. The van der Waals surface area contributed by atoms with E-state index in [0.29, 0.717) is 11.2 Å². The van der Waals surface area contributed by atoms with E-state index >= 15 is 0 Å². The van der Waals surface area contributed by atoms with E-state index in [1.165, 1.54) is 6.92 Å². The molecule has 0 saturated carbocycles. The Bertz CT molecular complexity index is 314. The SMILES string of the molecule is CC(=O)Nc1cccc(B(O)[OH2+])c1. The van der Waals surface area contributed by atoms with E-state index in [1.807, 2.05) is 0 Å². The van der Waals surface area contributed by atoms with Crippen LogP contribution in [0.3, 0.4) is 0 Å². The minimum Gasteiger partial charge on any atom is -0.522 e. The van der Waals surface area contributed by atoms with Crippen LogP contribution < -0.4 is 10.8 Å². The van der Waals surface area contributed by atoms with Gasteiger partial charge in [-0.15, -0.1) is 0 Å². The van der Waals surface area contributed by atoms with Crippen LogP contribution in [0.5, 0.6) is 0 Å². The lowest BCUT2D eigenvalue weighted by Crippen LogP contribution is -2.29. The van der Waals surface area contributed by atoms with Crippen LogP contribution in [0.2, 0.25) is 0 Å². The zero-order chi connectivity index (χ0) is 9.84. The molecule has 4 N–H and O–H groups in total. The maximum Gasteiger partial charge on any atom is 0.727 e. The number of hydrogen-bond donors (Lipinski definition) is 2. The first-order valence-electron chi connectivity index (χ1n) is 3.86. The van der Waals surface area contributed by atoms with Crippen LogP contribution in [0.25, 0.3) is 0 Å². The Balaban J connectivity index is 2.85. The van der Waals surface area contributed by atoms with E-state index in [1.54, 1.807) is 24.3 Å². The first kappa shape index (κ1) is 9.76. The first-order valence-corrected chi connectivity index (χ1v) is 3.86. The van der Waals surface area contributed by atoms with Gasteiger partial charge in [0.2, 0.25) is 5.91 Å². The Kier molecular flexibility index (Phi) is 3.05. The summed E-state index contributed by atoms with van der Waals surface area (Å²) in [4.78, 5) is 10.7. The highest BCUT2D eigenvalue weighted by molar-refractivity contribution is 6.58. The molecule has 5 heteroatoms. The minimum atomic E-state index is -1.26. The second kappa shape index (κ2) is 4.07. The maximum atomic E-state index is 10.7. The third kappa shape index (κ3) is 2.89. The van der Waals surface area contributed by atoms with Gasteiger partial charge < -0.3 is 15.4 Å². The molecule has 68 valence electrons. The number of benzene rings is 1. The Hall–Kier alpha value is -1.33. The molecule has 0 heterocycles. The van der Waals surface area contributed by atoms with Crippen molar-refractivity contribution in [1.82, 2.24) is 0 Å². The standard InChI is InChI=1S/C8H10BNO3/c1-6(11)10-8-4-2-3-7(5-8)9(12)13/h2-5,12-13H,1H3,(H,10,11)/p+1. The molecular weight excluding hydrogens is 169 g/mol. The Morgan fingerprint density at radius 2 is 2.31 bits per heavy atom. The minimum absolute atomic E-state index is 0.170. The van der Waals surface area contributed by atoms with Crippen molar-refractivity contribution < 1.29 is 14.8 Å². The highest BCUT2D eigenvalue weighted by Gasteiger charge is 2.21. The van der Waals surface area contributed by atoms with Crippen molar-refractivity contribution in [3.8, 4) is 0 Å². The second-order valence-electron chi connectivity index (χ2n) is 2.71. The summed E-state index contributed by atoms with van der Waals surface area (Å²) >= 11 is 0. The molecular formula is C8H11BNO3+. The van der Waals surface area contributed by atoms with E-state index in [4.69, 9.17) is 10.0 Å². The van der Waals surface area contributed by atoms with Crippen LogP contribution in [0.1, 0.15) is 6.92 Å². The monoisotopic (exact) mass is 180 g/mol. The van der Waals surface area contributed by atoms with Gasteiger partial charge >= 0.3 is 7.12 Å². The van der Waals surface area contributed by atoms with E-state index in [-0.39, 0.29) is 5.91 Å². The van der Waals surface area contributed by atoms with Gasteiger partial charge in [0.05, 0.1) is 5.46 Å². The highest BCUT2D eigenvalue weighted by atomic mass is 16.4. The van der Waals surface area contributed by atoms with Crippen molar-refractivity contribution in [3.63, 3.8) is 0 Å². The number of carbonyl (C=O) groups excluding carboxylic acids is 1. The van der Waals surface area contributed by atoms with Crippen LogP contribution >= 0.6 is 0 Å². The molecule has 0 aromatic heterocycles. The summed E-state index contributed by atoms with van der Waals surface area (Å²) in [6.45, 7) is 1.41. The molecule has 0 aliphatic heterocycles. The summed E-state index contributed by atoms with van der Waals surface area (Å²) < 4.78 is 0. The summed E-state index contributed by atoms with van der Waals surface area (Å²) in [6, 6.07) is 6.58. The largest absolute Gasteiger partial charge is 0.727 e. The van der Waals surface area contributed by atoms with Crippen LogP contribution in [-0.4, -0.2) is 23.1 Å². The second-order valence-corrected chi connectivity index (χ2v) is 2.71. The zero-order valence-electron chi connectivity index (χ0n) is 7.24. The molecule has 13 heavy (non-hydrogen) atoms. The van der Waals surface area contributed by atoms with E-state index in [2.05, 4.69) is 5.32 Å². The van der Waals surface area contributed by atoms with Gasteiger partial charge in [-0.2, -0.15) is 0 Å². The van der Waals surface area contributed by atoms with Gasteiger partial charge in [-0.3, -0.25) is 4.79 Å².